The minimum absolute atomic E-state index is 0.0275. The first kappa shape index (κ1) is 18.7. The lowest BCUT2D eigenvalue weighted by Crippen LogP contribution is -2.44. The van der Waals surface area contributed by atoms with Crippen molar-refractivity contribution in [3.05, 3.63) is 29.8 Å². The molecule has 1 atom stereocenters. The smallest absolute Gasteiger partial charge is 0.326 e. The van der Waals surface area contributed by atoms with Crippen LogP contribution in [0.4, 0.5) is 18.9 Å². The molecule has 5 nitrogen and oxygen atoms in total. The van der Waals surface area contributed by atoms with E-state index in [4.69, 9.17) is 0 Å². The molecule has 1 fully saturated rings. The van der Waals surface area contributed by atoms with Crippen molar-refractivity contribution in [1.82, 2.24) is 4.31 Å². The third kappa shape index (κ3) is 4.47. The first-order chi connectivity index (χ1) is 11.1. The topological polar surface area (TPSA) is 66.5 Å². The molecule has 1 aliphatic heterocycles. The monoisotopic (exact) mass is 364 g/mol. The summed E-state index contributed by atoms with van der Waals surface area (Å²) in [5.41, 5.74) is -0.540. The van der Waals surface area contributed by atoms with Crippen molar-refractivity contribution in [2.75, 3.05) is 24.2 Å². The normalized spacial score (nSPS) is 19.9. The van der Waals surface area contributed by atoms with Crippen molar-refractivity contribution in [2.24, 2.45) is 5.92 Å². The maximum atomic E-state index is 12.5. The van der Waals surface area contributed by atoms with Crippen LogP contribution in [0.15, 0.2) is 24.3 Å². The zero-order valence-electron chi connectivity index (χ0n) is 13.1. The van der Waals surface area contributed by atoms with E-state index in [-0.39, 0.29) is 23.9 Å². The highest BCUT2D eigenvalue weighted by atomic mass is 32.2. The lowest BCUT2D eigenvalue weighted by Gasteiger charge is -2.30. The molecule has 134 valence electrons. The van der Waals surface area contributed by atoms with E-state index in [0.29, 0.717) is 19.4 Å². The number of carbonyl (C=O) groups is 1. The number of piperidine rings is 1. The van der Waals surface area contributed by atoms with Gasteiger partial charge in [0, 0.05) is 18.8 Å². The fourth-order valence-corrected chi connectivity index (χ4v) is 3.76. The van der Waals surface area contributed by atoms with E-state index in [2.05, 4.69) is 5.32 Å². The van der Waals surface area contributed by atoms with Crippen molar-refractivity contribution < 1.29 is 26.4 Å². The Kier molecular flexibility index (Phi) is 5.54. The van der Waals surface area contributed by atoms with Gasteiger partial charge in [-0.05, 0) is 44.0 Å². The Bertz CT molecular complexity index is 687. The first-order valence-electron chi connectivity index (χ1n) is 7.59. The minimum Gasteiger partial charge on any atom is -0.326 e. The number of rotatable bonds is 4. The fraction of sp³-hybridized carbons (Fsp3) is 0.533. The number of alkyl halides is 3. The maximum Gasteiger partial charge on any atom is 0.416 e. The molecule has 24 heavy (non-hydrogen) atoms. The molecule has 0 radical (unpaired) electrons. The van der Waals surface area contributed by atoms with Gasteiger partial charge in [0.2, 0.25) is 15.9 Å². The summed E-state index contributed by atoms with van der Waals surface area (Å²) in [4.78, 5) is 12.3. The third-order valence-electron chi connectivity index (χ3n) is 3.99. The number of nitrogens with zero attached hydrogens (tertiary/aromatic N) is 1. The maximum absolute atomic E-state index is 12.5. The highest BCUT2D eigenvalue weighted by molar-refractivity contribution is 7.89. The molecule has 1 aromatic carbocycles. The van der Waals surface area contributed by atoms with Gasteiger partial charge in [-0.3, -0.25) is 4.79 Å². The second-order valence-corrected chi connectivity index (χ2v) is 7.92. The van der Waals surface area contributed by atoms with E-state index in [1.54, 1.807) is 6.92 Å². The number of sulfonamides is 1. The van der Waals surface area contributed by atoms with Crippen LogP contribution in [0.3, 0.4) is 0 Å². The van der Waals surface area contributed by atoms with Crippen LogP contribution in [-0.2, 0) is 21.0 Å². The molecule has 0 spiro atoms. The van der Waals surface area contributed by atoms with E-state index in [1.807, 2.05) is 0 Å². The SMILES string of the molecule is CCS(=O)(=O)N1CCC[C@H](C(=O)Nc2ccc(C(F)(F)F)cc2)C1. The molecule has 9 heteroatoms. The summed E-state index contributed by atoms with van der Waals surface area (Å²) >= 11 is 0. The second kappa shape index (κ2) is 7.10. The molecule has 1 heterocycles. The Morgan fingerprint density at radius 1 is 1.29 bits per heavy atom. The van der Waals surface area contributed by atoms with E-state index in [1.165, 1.54) is 16.4 Å². The van der Waals surface area contributed by atoms with Crippen molar-refractivity contribution in [3.63, 3.8) is 0 Å². The van der Waals surface area contributed by atoms with Gasteiger partial charge in [0.1, 0.15) is 0 Å². The molecular formula is C15H19F3N2O3S. The third-order valence-corrected chi connectivity index (χ3v) is 5.84. The molecule has 0 unspecified atom stereocenters. The van der Waals surface area contributed by atoms with Crippen molar-refractivity contribution in [3.8, 4) is 0 Å². The van der Waals surface area contributed by atoms with Gasteiger partial charge in [-0.25, -0.2) is 12.7 Å². The molecule has 1 N–H and O–H groups in total. The van der Waals surface area contributed by atoms with Crippen LogP contribution < -0.4 is 5.32 Å². The van der Waals surface area contributed by atoms with Gasteiger partial charge in [-0.2, -0.15) is 13.2 Å². The Morgan fingerprint density at radius 2 is 1.92 bits per heavy atom. The number of anilines is 1. The predicted octanol–water partition coefficient (Wildman–Crippen LogP) is 2.71. The second-order valence-electron chi connectivity index (χ2n) is 5.66. The minimum atomic E-state index is -4.43. The van der Waals surface area contributed by atoms with Gasteiger partial charge < -0.3 is 5.32 Å². The predicted molar refractivity (Wildman–Crippen MR) is 83.8 cm³/mol. The van der Waals surface area contributed by atoms with E-state index >= 15 is 0 Å². The number of nitrogens with one attached hydrogen (secondary N) is 1. The summed E-state index contributed by atoms with van der Waals surface area (Å²) in [7, 11) is -3.35. The zero-order chi connectivity index (χ0) is 18.0. The van der Waals surface area contributed by atoms with Gasteiger partial charge in [-0.15, -0.1) is 0 Å². The van der Waals surface area contributed by atoms with Gasteiger partial charge in [-0.1, -0.05) is 0 Å². The van der Waals surface area contributed by atoms with Crippen LogP contribution in [0.2, 0.25) is 0 Å². The summed E-state index contributed by atoms with van der Waals surface area (Å²) in [5.74, 6) is -0.923. The largest absolute Gasteiger partial charge is 0.416 e. The number of hydrogen-bond acceptors (Lipinski definition) is 3. The van der Waals surface area contributed by atoms with Crippen molar-refractivity contribution >= 4 is 21.6 Å². The molecule has 1 saturated heterocycles. The molecule has 0 aliphatic carbocycles. The molecule has 0 aromatic heterocycles. The number of benzene rings is 1. The average molecular weight is 364 g/mol. The summed E-state index contributed by atoms with van der Waals surface area (Å²) in [6, 6.07) is 4.16. The Balaban J connectivity index is 2.02. The summed E-state index contributed by atoms with van der Waals surface area (Å²) in [6.45, 7) is 2.03. The number of hydrogen-bond donors (Lipinski definition) is 1. The molecule has 0 saturated carbocycles. The summed E-state index contributed by atoms with van der Waals surface area (Å²) < 4.78 is 62.6. The summed E-state index contributed by atoms with van der Waals surface area (Å²) in [5, 5.41) is 2.55. The van der Waals surface area contributed by atoms with E-state index in [0.717, 1.165) is 12.1 Å². The zero-order valence-corrected chi connectivity index (χ0v) is 14.0. The highest BCUT2D eigenvalue weighted by Gasteiger charge is 2.32. The standard InChI is InChI=1S/C15H19F3N2O3S/c1-2-24(22,23)20-9-3-4-11(10-20)14(21)19-13-7-5-12(6-8-13)15(16,17)18/h5-8,11H,2-4,9-10H2,1H3,(H,19,21)/t11-/m0/s1. The number of carbonyl (C=O) groups excluding carboxylic acids is 1. The first-order valence-corrected chi connectivity index (χ1v) is 9.20. The molecule has 1 aromatic rings. The Labute approximate surface area is 138 Å². The Morgan fingerprint density at radius 3 is 2.46 bits per heavy atom. The van der Waals surface area contributed by atoms with Crippen LogP contribution in [-0.4, -0.2) is 37.5 Å². The van der Waals surface area contributed by atoms with Crippen LogP contribution in [0.1, 0.15) is 25.3 Å². The number of halogens is 3. The molecule has 0 bridgehead atoms. The van der Waals surface area contributed by atoms with Gasteiger partial charge >= 0.3 is 6.18 Å². The van der Waals surface area contributed by atoms with Crippen molar-refractivity contribution in [2.45, 2.75) is 25.9 Å². The fourth-order valence-electron chi connectivity index (χ4n) is 2.58. The molecule has 1 amide bonds. The van der Waals surface area contributed by atoms with E-state index in [9.17, 15) is 26.4 Å². The molecule has 2 rings (SSSR count). The lowest BCUT2D eigenvalue weighted by atomic mass is 9.98. The Hall–Kier alpha value is -1.61. The van der Waals surface area contributed by atoms with Crippen LogP contribution >= 0.6 is 0 Å². The van der Waals surface area contributed by atoms with Gasteiger partial charge in [0.25, 0.3) is 0 Å². The van der Waals surface area contributed by atoms with Gasteiger partial charge in [0.05, 0.1) is 17.2 Å². The van der Waals surface area contributed by atoms with Crippen LogP contribution in [0.5, 0.6) is 0 Å². The average Bonchev–Trinajstić information content (AvgIpc) is 2.54. The van der Waals surface area contributed by atoms with Crippen LogP contribution in [0.25, 0.3) is 0 Å². The van der Waals surface area contributed by atoms with Crippen molar-refractivity contribution in [1.29, 1.82) is 0 Å². The van der Waals surface area contributed by atoms with Crippen LogP contribution in [0, 0.1) is 5.92 Å². The van der Waals surface area contributed by atoms with Gasteiger partial charge in [0.15, 0.2) is 0 Å². The summed E-state index contributed by atoms with van der Waals surface area (Å²) in [6.07, 6.45) is -3.31. The number of amides is 1. The lowest BCUT2D eigenvalue weighted by molar-refractivity contribution is -0.137. The quantitative estimate of drug-likeness (QED) is 0.893. The molecular weight excluding hydrogens is 345 g/mol. The van der Waals surface area contributed by atoms with E-state index < -0.39 is 27.7 Å². The highest BCUT2D eigenvalue weighted by Crippen LogP contribution is 2.30. The molecule has 1 aliphatic rings.